The van der Waals surface area contributed by atoms with Gasteiger partial charge in [-0.15, -0.1) is 0 Å². The zero-order valence-corrected chi connectivity index (χ0v) is 5.76. The molecule has 0 aromatic heterocycles. The fourth-order valence-electron chi connectivity index (χ4n) is 0.904. The van der Waals surface area contributed by atoms with Crippen molar-refractivity contribution in [1.29, 1.82) is 10.8 Å². The summed E-state index contributed by atoms with van der Waals surface area (Å²) in [5, 5.41) is 24.5. The quantitative estimate of drug-likeness (QED) is 0.434. The standard InChI is InChI=1S/C6H7N3O2/c7-4-1-2-6(9(10)11)5(8)3-4/h2,7-8H,1,3H2. The second-order valence-corrected chi connectivity index (χ2v) is 2.31. The average molecular weight is 153 g/mol. The van der Waals surface area contributed by atoms with Crippen molar-refractivity contribution in [3.63, 3.8) is 0 Å². The van der Waals surface area contributed by atoms with Crippen molar-refractivity contribution in [3.8, 4) is 0 Å². The van der Waals surface area contributed by atoms with E-state index in [0.29, 0.717) is 12.1 Å². The molecule has 0 saturated heterocycles. The number of nitrogens with one attached hydrogen (secondary N) is 2. The Morgan fingerprint density at radius 1 is 1.55 bits per heavy atom. The van der Waals surface area contributed by atoms with Gasteiger partial charge in [0, 0.05) is 24.6 Å². The molecular formula is C6H7N3O2. The van der Waals surface area contributed by atoms with Gasteiger partial charge in [-0.1, -0.05) is 0 Å². The number of hydrogen-bond donors (Lipinski definition) is 2. The van der Waals surface area contributed by atoms with Crippen LogP contribution in [0.2, 0.25) is 0 Å². The number of hydrogen-bond acceptors (Lipinski definition) is 4. The normalized spacial score (nSPS) is 18.0. The molecule has 5 nitrogen and oxygen atoms in total. The van der Waals surface area contributed by atoms with Crippen molar-refractivity contribution in [3.05, 3.63) is 21.9 Å². The molecule has 1 rings (SSSR count). The molecular weight excluding hydrogens is 146 g/mol. The summed E-state index contributed by atoms with van der Waals surface area (Å²) >= 11 is 0. The monoisotopic (exact) mass is 153 g/mol. The molecule has 11 heavy (non-hydrogen) atoms. The van der Waals surface area contributed by atoms with Crippen LogP contribution in [0.5, 0.6) is 0 Å². The lowest BCUT2D eigenvalue weighted by molar-refractivity contribution is -0.415. The third-order valence-corrected chi connectivity index (χ3v) is 1.44. The molecule has 0 aromatic carbocycles. The molecule has 0 heterocycles. The first-order valence-electron chi connectivity index (χ1n) is 3.10. The molecule has 0 bridgehead atoms. The van der Waals surface area contributed by atoms with Crippen molar-refractivity contribution in [2.24, 2.45) is 0 Å². The van der Waals surface area contributed by atoms with E-state index >= 15 is 0 Å². The fourth-order valence-corrected chi connectivity index (χ4v) is 0.904. The summed E-state index contributed by atoms with van der Waals surface area (Å²) in [6.45, 7) is 0. The molecule has 0 fully saturated rings. The van der Waals surface area contributed by atoms with Gasteiger partial charge in [0.05, 0.1) is 4.92 Å². The molecule has 58 valence electrons. The smallest absolute Gasteiger partial charge is 0.286 e. The van der Waals surface area contributed by atoms with Crippen LogP contribution in [-0.4, -0.2) is 16.3 Å². The second-order valence-electron chi connectivity index (χ2n) is 2.31. The molecule has 0 aromatic rings. The molecule has 0 spiro atoms. The number of nitrogens with zero attached hydrogens (tertiary/aromatic N) is 1. The van der Waals surface area contributed by atoms with Gasteiger partial charge >= 0.3 is 0 Å². The van der Waals surface area contributed by atoms with Crippen LogP contribution in [0, 0.1) is 20.9 Å². The third-order valence-electron chi connectivity index (χ3n) is 1.44. The van der Waals surface area contributed by atoms with Crippen LogP contribution in [0.3, 0.4) is 0 Å². The van der Waals surface area contributed by atoms with E-state index in [1.165, 1.54) is 6.08 Å². The number of allylic oxidation sites excluding steroid dienone is 2. The maximum Gasteiger partial charge on any atom is 0.286 e. The maximum atomic E-state index is 10.2. The van der Waals surface area contributed by atoms with Crippen molar-refractivity contribution in [1.82, 2.24) is 0 Å². The van der Waals surface area contributed by atoms with Crippen molar-refractivity contribution in [2.75, 3.05) is 0 Å². The zero-order valence-electron chi connectivity index (χ0n) is 5.76. The average Bonchev–Trinajstić information content (AvgIpc) is 1.85. The van der Waals surface area contributed by atoms with E-state index in [4.69, 9.17) is 10.8 Å². The van der Waals surface area contributed by atoms with E-state index in [-0.39, 0.29) is 17.8 Å². The highest BCUT2D eigenvalue weighted by Gasteiger charge is 2.22. The first kappa shape index (κ1) is 7.59. The van der Waals surface area contributed by atoms with Gasteiger partial charge in [0.25, 0.3) is 5.70 Å². The van der Waals surface area contributed by atoms with Crippen LogP contribution < -0.4 is 0 Å². The largest absolute Gasteiger partial charge is 0.309 e. The first-order chi connectivity index (χ1) is 5.11. The van der Waals surface area contributed by atoms with Gasteiger partial charge in [0.15, 0.2) is 0 Å². The molecule has 5 heteroatoms. The maximum absolute atomic E-state index is 10.2. The molecule has 2 N–H and O–H groups in total. The van der Waals surface area contributed by atoms with E-state index in [0.717, 1.165) is 0 Å². The van der Waals surface area contributed by atoms with Gasteiger partial charge < -0.3 is 5.41 Å². The van der Waals surface area contributed by atoms with E-state index in [2.05, 4.69) is 0 Å². The summed E-state index contributed by atoms with van der Waals surface area (Å²) in [5.74, 6) is 0. The highest BCUT2D eigenvalue weighted by atomic mass is 16.6. The minimum absolute atomic E-state index is 0.0637. The van der Waals surface area contributed by atoms with E-state index in [9.17, 15) is 10.1 Å². The lowest BCUT2D eigenvalue weighted by Crippen LogP contribution is -2.18. The Bertz CT molecular complexity index is 267. The summed E-state index contributed by atoms with van der Waals surface area (Å²) in [6, 6.07) is 0. The molecule has 0 unspecified atom stereocenters. The van der Waals surface area contributed by atoms with Crippen LogP contribution in [0.15, 0.2) is 11.8 Å². The topological polar surface area (TPSA) is 90.8 Å². The van der Waals surface area contributed by atoms with Crippen LogP contribution in [0.25, 0.3) is 0 Å². The SMILES string of the molecule is N=C1CC=C([N+](=O)[O-])C(=N)C1. The molecule has 0 aliphatic heterocycles. The van der Waals surface area contributed by atoms with Gasteiger partial charge in [-0.3, -0.25) is 15.5 Å². The molecule has 1 aliphatic rings. The highest BCUT2D eigenvalue weighted by molar-refractivity contribution is 6.11. The minimum Gasteiger partial charge on any atom is -0.309 e. The van der Waals surface area contributed by atoms with Crippen LogP contribution >= 0.6 is 0 Å². The second kappa shape index (κ2) is 2.61. The number of nitro groups is 1. The Hall–Kier alpha value is -1.52. The van der Waals surface area contributed by atoms with Crippen LogP contribution in [0.1, 0.15) is 12.8 Å². The third kappa shape index (κ3) is 1.49. The molecule has 1 aliphatic carbocycles. The summed E-state index contributed by atoms with van der Waals surface area (Å²) in [7, 11) is 0. The molecule has 0 amide bonds. The van der Waals surface area contributed by atoms with Crippen molar-refractivity contribution in [2.45, 2.75) is 12.8 Å². The summed E-state index contributed by atoms with van der Waals surface area (Å²) in [5.41, 5.74) is 0.146. The minimum atomic E-state index is -0.575. The van der Waals surface area contributed by atoms with Crippen molar-refractivity contribution >= 4 is 11.4 Å². The molecule has 0 radical (unpaired) electrons. The first-order valence-corrected chi connectivity index (χ1v) is 3.10. The highest BCUT2D eigenvalue weighted by Crippen LogP contribution is 2.11. The Morgan fingerprint density at radius 3 is 2.64 bits per heavy atom. The Kier molecular flexibility index (Phi) is 1.80. The van der Waals surface area contributed by atoms with Gasteiger partial charge in [0.2, 0.25) is 0 Å². The molecule has 0 saturated carbocycles. The van der Waals surface area contributed by atoms with E-state index in [1.807, 2.05) is 0 Å². The van der Waals surface area contributed by atoms with Gasteiger partial charge in [-0.2, -0.15) is 0 Å². The predicted octanol–water partition coefficient (Wildman–Crippen LogP) is 0.980. The van der Waals surface area contributed by atoms with E-state index in [1.54, 1.807) is 0 Å². The Morgan fingerprint density at radius 2 is 2.18 bits per heavy atom. The lowest BCUT2D eigenvalue weighted by atomic mass is 10.0. The Labute approximate surface area is 62.9 Å². The molecule has 0 atom stereocenters. The summed E-state index contributed by atoms with van der Waals surface area (Å²) in [6.07, 6.45) is 1.74. The van der Waals surface area contributed by atoms with Crippen molar-refractivity contribution < 1.29 is 4.92 Å². The number of rotatable bonds is 1. The van der Waals surface area contributed by atoms with E-state index < -0.39 is 4.92 Å². The van der Waals surface area contributed by atoms with Gasteiger partial charge in [0.1, 0.15) is 5.71 Å². The fraction of sp³-hybridized carbons (Fsp3) is 0.333. The lowest BCUT2D eigenvalue weighted by Gasteiger charge is -2.06. The summed E-state index contributed by atoms with van der Waals surface area (Å²) in [4.78, 5) is 9.62. The Balaban J connectivity index is 2.89. The predicted molar refractivity (Wildman–Crippen MR) is 39.8 cm³/mol. The van der Waals surface area contributed by atoms with Crippen LogP contribution in [0.4, 0.5) is 0 Å². The van der Waals surface area contributed by atoms with Gasteiger partial charge in [-0.25, -0.2) is 0 Å². The summed E-state index contributed by atoms with van der Waals surface area (Å²) < 4.78 is 0. The zero-order chi connectivity index (χ0) is 8.43. The van der Waals surface area contributed by atoms with Gasteiger partial charge in [-0.05, 0) is 0 Å². The van der Waals surface area contributed by atoms with Crippen LogP contribution in [-0.2, 0) is 0 Å².